The molecule has 0 spiro atoms. The van der Waals surface area contributed by atoms with E-state index in [9.17, 15) is 22.8 Å². The standard InChI is InChI=1S/C26H32F3N5O3S2/c1-25(2,3)19-13-31-22(37-19)15-38-23-14-32-24(39-23)34-21(36)9-7-5-4-6-8-20(35)33-18-12-16(26(27,28)29)10-11-17(18)30/h10-14H,4-9,15,30H2,1-3H3,(H,33,35)(H,32,34,36). The number of aromatic nitrogens is 2. The normalized spacial score (nSPS) is 11.9. The maximum Gasteiger partial charge on any atom is 0.416 e. The van der Waals surface area contributed by atoms with Gasteiger partial charge in [0.1, 0.15) is 5.76 Å². The zero-order valence-corrected chi connectivity index (χ0v) is 23.6. The van der Waals surface area contributed by atoms with Crippen molar-refractivity contribution in [3.63, 3.8) is 0 Å². The lowest BCUT2D eigenvalue weighted by Crippen LogP contribution is -2.14. The van der Waals surface area contributed by atoms with Crippen LogP contribution >= 0.6 is 23.1 Å². The number of amides is 2. The highest BCUT2D eigenvalue weighted by Crippen LogP contribution is 2.34. The van der Waals surface area contributed by atoms with E-state index in [-0.39, 0.29) is 29.1 Å². The molecule has 0 saturated heterocycles. The molecule has 2 aromatic heterocycles. The molecule has 0 bridgehead atoms. The number of anilines is 3. The Morgan fingerprint density at radius 1 is 1.00 bits per heavy atom. The number of carbonyl (C=O) groups is 2. The van der Waals surface area contributed by atoms with Crippen LogP contribution in [0.5, 0.6) is 0 Å². The summed E-state index contributed by atoms with van der Waals surface area (Å²) in [7, 11) is 0. The van der Waals surface area contributed by atoms with Gasteiger partial charge in [0.15, 0.2) is 5.13 Å². The fourth-order valence-corrected chi connectivity index (χ4v) is 5.14. The van der Waals surface area contributed by atoms with Gasteiger partial charge in [-0.05, 0) is 31.0 Å². The lowest BCUT2D eigenvalue weighted by Gasteiger charge is -2.12. The maximum atomic E-state index is 12.9. The van der Waals surface area contributed by atoms with E-state index in [0.717, 1.165) is 34.6 Å². The minimum atomic E-state index is -4.52. The van der Waals surface area contributed by atoms with Gasteiger partial charge in [0.05, 0.1) is 39.3 Å². The van der Waals surface area contributed by atoms with Crippen LogP contribution in [0.2, 0.25) is 0 Å². The number of halogens is 3. The summed E-state index contributed by atoms with van der Waals surface area (Å²) in [6.07, 6.45) is 2.02. The summed E-state index contributed by atoms with van der Waals surface area (Å²) >= 11 is 2.92. The quantitative estimate of drug-likeness (QED) is 0.117. The van der Waals surface area contributed by atoms with Crippen LogP contribution in [-0.2, 0) is 26.9 Å². The Morgan fingerprint density at radius 2 is 1.67 bits per heavy atom. The Hall–Kier alpha value is -3.06. The number of unbranched alkanes of at least 4 members (excludes halogenated alkanes) is 3. The lowest BCUT2D eigenvalue weighted by atomic mass is 9.94. The summed E-state index contributed by atoms with van der Waals surface area (Å²) in [5.74, 6) is 1.49. The number of nitrogens with one attached hydrogen (secondary N) is 2. The third-order valence-corrected chi connectivity index (χ3v) is 7.67. The number of thiazole rings is 1. The topological polar surface area (TPSA) is 123 Å². The Morgan fingerprint density at radius 3 is 2.28 bits per heavy atom. The van der Waals surface area contributed by atoms with Gasteiger partial charge in [-0.3, -0.25) is 9.59 Å². The predicted molar refractivity (Wildman–Crippen MR) is 148 cm³/mol. The Bertz CT molecular complexity index is 1270. The number of nitrogens with zero attached hydrogens (tertiary/aromatic N) is 2. The van der Waals surface area contributed by atoms with Crippen LogP contribution in [-0.4, -0.2) is 21.8 Å². The van der Waals surface area contributed by atoms with Crippen molar-refractivity contribution in [2.75, 3.05) is 16.4 Å². The first-order valence-electron chi connectivity index (χ1n) is 12.4. The van der Waals surface area contributed by atoms with E-state index in [4.69, 9.17) is 10.2 Å². The Kier molecular flexibility index (Phi) is 10.4. The van der Waals surface area contributed by atoms with E-state index in [1.165, 1.54) is 23.1 Å². The molecular formula is C26H32F3N5O3S2. The molecule has 0 aliphatic carbocycles. The van der Waals surface area contributed by atoms with Crippen LogP contribution in [0.25, 0.3) is 0 Å². The van der Waals surface area contributed by atoms with Crippen molar-refractivity contribution in [3.8, 4) is 0 Å². The number of rotatable bonds is 12. The van der Waals surface area contributed by atoms with Crippen LogP contribution in [0.4, 0.5) is 29.7 Å². The predicted octanol–water partition coefficient (Wildman–Crippen LogP) is 7.24. The van der Waals surface area contributed by atoms with E-state index < -0.39 is 17.6 Å². The average Bonchev–Trinajstić information content (AvgIpc) is 3.50. The Labute approximate surface area is 233 Å². The molecule has 4 N–H and O–H groups in total. The van der Waals surface area contributed by atoms with Crippen molar-refractivity contribution in [1.29, 1.82) is 0 Å². The van der Waals surface area contributed by atoms with Crippen molar-refractivity contribution in [2.24, 2.45) is 0 Å². The fourth-order valence-electron chi connectivity index (χ4n) is 3.40. The lowest BCUT2D eigenvalue weighted by molar-refractivity contribution is -0.137. The molecule has 13 heteroatoms. The molecule has 0 aliphatic heterocycles. The molecule has 3 rings (SSSR count). The van der Waals surface area contributed by atoms with Crippen molar-refractivity contribution >= 4 is 51.4 Å². The first kappa shape index (κ1) is 30.5. The fraction of sp³-hybridized carbons (Fsp3) is 0.462. The SMILES string of the molecule is CC(C)(C)c1cnc(CSc2cnc(NC(=O)CCCCCCC(=O)Nc3cc(C(F)(F)F)ccc3N)s2)o1. The molecule has 2 heterocycles. The average molecular weight is 584 g/mol. The molecule has 0 aliphatic rings. The first-order chi connectivity index (χ1) is 18.3. The van der Waals surface area contributed by atoms with Crippen molar-refractivity contribution in [1.82, 2.24) is 9.97 Å². The number of benzene rings is 1. The van der Waals surface area contributed by atoms with Gasteiger partial charge < -0.3 is 20.8 Å². The smallest absolute Gasteiger partial charge is 0.416 e. The molecule has 0 radical (unpaired) electrons. The molecule has 0 atom stereocenters. The zero-order valence-electron chi connectivity index (χ0n) is 22.0. The number of nitrogen functional groups attached to an aromatic ring is 1. The second-order valence-electron chi connectivity index (χ2n) is 9.95. The molecule has 0 fully saturated rings. The number of carbonyl (C=O) groups excluding carboxylic acids is 2. The second-order valence-corrected chi connectivity index (χ2v) is 12.3. The highest BCUT2D eigenvalue weighted by atomic mass is 32.2. The van der Waals surface area contributed by atoms with Crippen molar-refractivity contribution < 1.29 is 27.2 Å². The van der Waals surface area contributed by atoms with Crippen LogP contribution in [0.1, 0.15) is 76.5 Å². The van der Waals surface area contributed by atoms with Gasteiger partial charge in [0.25, 0.3) is 0 Å². The van der Waals surface area contributed by atoms with E-state index in [1.807, 2.05) is 0 Å². The third-order valence-electron chi connectivity index (χ3n) is 5.57. The molecule has 3 aromatic rings. The van der Waals surface area contributed by atoms with E-state index in [0.29, 0.717) is 42.5 Å². The summed E-state index contributed by atoms with van der Waals surface area (Å²) in [6.45, 7) is 6.18. The van der Waals surface area contributed by atoms with Crippen molar-refractivity contribution in [3.05, 3.63) is 47.8 Å². The van der Waals surface area contributed by atoms with Gasteiger partial charge in [0, 0.05) is 18.3 Å². The molecule has 0 saturated carbocycles. The second kappa shape index (κ2) is 13.3. The maximum absolute atomic E-state index is 12.9. The summed E-state index contributed by atoms with van der Waals surface area (Å²) in [5, 5.41) is 5.77. The monoisotopic (exact) mass is 583 g/mol. The zero-order chi connectivity index (χ0) is 28.6. The molecular weight excluding hydrogens is 551 g/mol. The molecule has 0 unspecified atom stereocenters. The van der Waals surface area contributed by atoms with Crippen LogP contribution in [0.3, 0.4) is 0 Å². The number of alkyl halides is 3. The van der Waals surface area contributed by atoms with Crippen LogP contribution < -0.4 is 16.4 Å². The highest BCUT2D eigenvalue weighted by Gasteiger charge is 2.31. The third kappa shape index (κ3) is 9.88. The van der Waals surface area contributed by atoms with Gasteiger partial charge >= 0.3 is 6.18 Å². The number of hydrogen-bond acceptors (Lipinski definition) is 8. The van der Waals surface area contributed by atoms with E-state index in [1.54, 1.807) is 12.4 Å². The van der Waals surface area contributed by atoms with Gasteiger partial charge in [-0.1, -0.05) is 44.9 Å². The summed E-state index contributed by atoms with van der Waals surface area (Å²) in [6, 6.07) is 2.82. The molecule has 2 amide bonds. The van der Waals surface area contributed by atoms with E-state index >= 15 is 0 Å². The molecule has 212 valence electrons. The van der Waals surface area contributed by atoms with Crippen molar-refractivity contribution in [2.45, 2.75) is 80.8 Å². The molecule has 8 nitrogen and oxygen atoms in total. The Balaban J connectivity index is 1.30. The number of oxazole rings is 1. The first-order valence-corrected chi connectivity index (χ1v) is 14.2. The number of nitrogens with two attached hydrogens (primary N) is 1. The number of hydrogen-bond donors (Lipinski definition) is 3. The van der Waals surface area contributed by atoms with Crippen LogP contribution in [0, 0.1) is 0 Å². The highest BCUT2D eigenvalue weighted by molar-refractivity contribution is 8.00. The van der Waals surface area contributed by atoms with Gasteiger partial charge in [0.2, 0.25) is 17.7 Å². The summed E-state index contributed by atoms with van der Waals surface area (Å²) in [5.41, 5.74) is 4.72. The minimum Gasteiger partial charge on any atom is -0.444 e. The molecule has 1 aromatic carbocycles. The van der Waals surface area contributed by atoms with Gasteiger partial charge in [-0.2, -0.15) is 13.2 Å². The van der Waals surface area contributed by atoms with E-state index in [2.05, 4.69) is 41.4 Å². The summed E-state index contributed by atoms with van der Waals surface area (Å²) in [4.78, 5) is 32.9. The molecule has 39 heavy (non-hydrogen) atoms. The van der Waals surface area contributed by atoms with Gasteiger partial charge in [-0.15, -0.1) is 11.8 Å². The van der Waals surface area contributed by atoms with Crippen LogP contribution in [0.15, 0.2) is 39.2 Å². The minimum absolute atomic E-state index is 0.0532. The largest absolute Gasteiger partial charge is 0.444 e. The van der Waals surface area contributed by atoms with Gasteiger partial charge in [-0.25, -0.2) is 9.97 Å². The number of thioether (sulfide) groups is 1. The summed E-state index contributed by atoms with van der Waals surface area (Å²) < 4.78 is 45.3.